The minimum atomic E-state index is 0.811. The van der Waals surface area contributed by atoms with Crippen LogP contribution in [0.3, 0.4) is 0 Å². The molecular weight excluding hydrogens is 234 g/mol. The lowest BCUT2D eigenvalue weighted by Crippen LogP contribution is -2.04. The molecule has 3 heteroatoms. The van der Waals surface area contributed by atoms with Gasteiger partial charge in [-0.05, 0) is 30.8 Å². The second-order valence-corrected chi connectivity index (χ2v) is 4.65. The molecule has 0 bridgehead atoms. The molecule has 0 unspecified atom stereocenters. The van der Waals surface area contributed by atoms with Crippen molar-refractivity contribution in [1.29, 1.82) is 0 Å². The maximum Gasteiger partial charge on any atom is 0.0648 e. The van der Waals surface area contributed by atoms with E-state index in [9.17, 15) is 0 Å². The molecule has 0 atom stereocenters. The van der Waals surface area contributed by atoms with Gasteiger partial charge in [-0.1, -0.05) is 24.3 Å². The van der Waals surface area contributed by atoms with Crippen molar-refractivity contribution >= 4 is 10.9 Å². The Bertz CT molecular complexity index is 671. The highest BCUT2D eigenvalue weighted by atomic mass is 15.0. The van der Waals surface area contributed by atoms with Gasteiger partial charge in [0.2, 0.25) is 0 Å². The molecular formula is C16H17N3. The summed E-state index contributed by atoms with van der Waals surface area (Å²) in [7, 11) is 1.98. The van der Waals surface area contributed by atoms with E-state index >= 15 is 0 Å². The third-order valence-corrected chi connectivity index (χ3v) is 3.30. The Kier molecular flexibility index (Phi) is 3.29. The zero-order chi connectivity index (χ0) is 13.1. The van der Waals surface area contributed by atoms with Crippen LogP contribution in [0.2, 0.25) is 0 Å². The second-order valence-electron chi connectivity index (χ2n) is 4.65. The fourth-order valence-corrected chi connectivity index (χ4v) is 2.45. The molecule has 0 fully saturated rings. The van der Waals surface area contributed by atoms with E-state index in [0.29, 0.717) is 0 Å². The summed E-state index contributed by atoms with van der Waals surface area (Å²) in [6.07, 6.45) is 4.06. The lowest BCUT2D eigenvalue weighted by atomic mass is 10.2. The molecule has 0 radical (unpaired) electrons. The van der Waals surface area contributed by atoms with Crippen LogP contribution in [0, 0.1) is 0 Å². The van der Waals surface area contributed by atoms with Gasteiger partial charge >= 0.3 is 0 Å². The number of pyridine rings is 1. The molecule has 0 aliphatic heterocycles. The molecule has 96 valence electrons. The van der Waals surface area contributed by atoms with E-state index in [1.54, 1.807) is 0 Å². The fraction of sp³-hybridized carbons (Fsp3) is 0.188. The summed E-state index contributed by atoms with van der Waals surface area (Å²) in [5.74, 6) is 0. The molecule has 2 heterocycles. The SMILES string of the molecule is CNCc1cn(Cc2ccccn2)c2ccccc12. The first-order valence-corrected chi connectivity index (χ1v) is 6.50. The van der Waals surface area contributed by atoms with Crippen molar-refractivity contribution in [1.82, 2.24) is 14.9 Å². The van der Waals surface area contributed by atoms with E-state index in [1.165, 1.54) is 16.5 Å². The van der Waals surface area contributed by atoms with E-state index in [2.05, 4.69) is 51.4 Å². The molecule has 1 aromatic carbocycles. The largest absolute Gasteiger partial charge is 0.341 e. The van der Waals surface area contributed by atoms with Crippen LogP contribution >= 0.6 is 0 Å². The highest BCUT2D eigenvalue weighted by molar-refractivity contribution is 5.84. The van der Waals surface area contributed by atoms with Gasteiger partial charge in [-0.25, -0.2) is 0 Å². The molecule has 3 nitrogen and oxygen atoms in total. The quantitative estimate of drug-likeness (QED) is 0.772. The molecule has 19 heavy (non-hydrogen) atoms. The van der Waals surface area contributed by atoms with E-state index in [1.807, 2.05) is 25.4 Å². The Labute approximate surface area is 112 Å². The van der Waals surface area contributed by atoms with Crippen molar-refractivity contribution in [2.24, 2.45) is 0 Å². The Morgan fingerprint density at radius 2 is 1.95 bits per heavy atom. The number of hydrogen-bond acceptors (Lipinski definition) is 2. The van der Waals surface area contributed by atoms with Crippen molar-refractivity contribution < 1.29 is 0 Å². The van der Waals surface area contributed by atoms with E-state index < -0.39 is 0 Å². The predicted octanol–water partition coefficient (Wildman–Crippen LogP) is 2.80. The van der Waals surface area contributed by atoms with Crippen molar-refractivity contribution in [2.75, 3.05) is 7.05 Å². The van der Waals surface area contributed by atoms with Crippen LogP contribution in [0.1, 0.15) is 11.3 Å². The molecule has 0 aliphatic rings. The number of benzene rings is 1. The average Bonchev–Trinajstić information content (AvgIpc) is 2.79. The average molecular weight is 251 g/mol. The van der Waals surface area contributed by atoms with Crippen LogP contribution in [0.25, 0.3) is 10.9 Å². The number of hydrogen-bond donors (Lipinski definition) is 1. The highest BCUT2D eigenvalue weighted by Gasteiger charge is 2.07. The fourth-order valence-electron chi connectivity index (χ4n) is 2.45. The zero-order valence-corrected chi connectivity index (χ0v) is 11.0. The summed E-state index contributed by atoms with van der Waals surface area (Å²) in [6.45, 7) is 1.70. The standard InChI is InChI=1S/C16H17N3/c1-17-10-13-11-19(12-14-6-4-5-9-18-14)16-8-3-2-7-15(13)16/h2-9,11,17H,10,12H2,1H3. The van der Waals surface area contributed by atoms with Gasteiger partial charge in [0.05, 0.1) is 12.2 Å². The number of rotatable bonds is 4. The molecule has 0 saturated carbocycles. The van der Waals surface area contributed by atoms with Gasteiger partial charge in [0.15, 0.2) is 0 Å². The molecule has 0 saturated heterocycles. The number of aromatic nitrogens is 2. The van der Waals surface area contributed by atoms with E-state index in [-0.39, 0.29) is 0 Å². The molecule has 2 aromatic heterocycles. The third-order valence-electron chi connectivity index (χ3n) is 3.30. The molecule has 3 rings (SSSR count). The van der Waals surface area contributed by atoms with Gasteiger partial charge < -0.3 is 9.88 Å². The van der Waals surface area contributed by atoms with Crippen LogP contribution in [0.5, 0.6) is 0 Å². The van der Waals surface area contributed by atoms with Crippen molar-refractivity contribution in [2.45, 2.75) is 13.1 Å². The van der Waals surface area contributed by atoms with Crippen molar-refractivity contribution in [3.63, 3.8) is 0 Å². The maximum absolute atomic E-state index is 4.40. The normalized spacial score (nSPS) is 11.0. The van der Waals surface area contributed by atoms with Crippen LogP contribution in [-0.2, 0) is 13.1 Å². The Morgan fingerprint density at radius 3 is 2.74 bits per heavy atom. The molecule has 3 aromatic rings. The van der Waals surface area contributed by atoms with E-state index in [4.69, 9.17) is 0 Å². The molecule has 1 N–H and O–H groups in total. The summed E-state index contributed by atoms with van der Waals surface area (Å²) in [5, 5.41) is 4.54. The van der Waals surface area contributed by atoms with E-state index in [0.717, 1.165) is 18.8 Å². The Hall–Kier alpha value is -2.13. The maximum atomic E-state index is 4.40. The Morgan fingerprint density at radius 1 is 1.11 bits per heavy atom. The van der Waals surface area contributed by atoms with Crippen LogP contribution in [0.4, 0.5) is 0 Å². The number of para-hydroxylation sites is 1. The minimum Gasteiger partial charge on any atom is -0.341 e. The zero-order valence-electron chi connectivity index (χ0n) is 11.0. The van der Waals surface area contributed by atoms with Gasteiger partial charge in [0.25, 0.3) is 0 Å². The van der Waals surface area contributed by atoms with Crippen molar-refractivity contribution in [3.8, 4) is 0 Å². The highest BCUT2D eigenvalue weighted by Crippen LogP contribution is 2.21. The summed E-state index contributed by atoms with van der Waals surface area (Å²) < 4.78 is 2.27. The molecule has 0 amide bonds. The van der Waals surface area contributed by atoms with Gasteiger partial charge in [-0.3, -0.25) is 4.98 Å². The number of nitrogens with zero attached hydrogens (tertiary/aromatic N) is 2. The minimum absolute atomic E-state index is 0.811. The first kappa shape index (κ1) is 11.9. The second kappa shape index (κ2) is 5.24. The topological polar surface area (TPSA) is 29.9 Å². The number of nitrogens with one attached hydrogen (secondary N) is 1. The summed E-state index contributed by atoms with van der Waals surface area (Å²) in [6, 6.07) is 14.6. The van der Waals surface area contributed by atoms with Crippen molar-refractivity contribution in [3.05, 3.63) is 66.1 Å². The Balaban J connectivity index is 2.03. The lowest BCUT2D eigenvalue weighted by Gasteiger charge is -2.04. The van der Waals surface area contributed by atoms with Gasteiger partial charge in [-0.2, -0.15) is 0 Å². The van der Waals surface area contributed by atoms with Crippen LogP contribution < -0.4 is 5.32 Å². The first-order chi connectivity index (χ1) is 9.38. The van der Waals surface area contributed by atoms with Gasteiger partial charge in [-0.15, -0.1) is 0 Å². The predicted molar refractivity (Wildman–Crippen MR) is 78.0 cm³/mol. The van der Waals surface area contributed by atoms with Crippen LogP contribution in [-0.4, -0.2) is 16.6 Å². The lowest BCUT2D eigenvalue weighted by molar-refractivity contribution is 0.782. The summed E-state index contributed by atoms with van der Waals surface area (Å²) >= 11 is 0. The smallest absolute Gasteiger partial charge is 0.0648 e. The number of fused-ring (bicyclic) bond motifs is 1. The molecule has 0 aliphatic carbocycles. The summed E-state index contributed by atoms with van der Waals surface area (Å²) in [5.41, 5.74) is 3.67. The monoisotopic (exact) mass is 251 g/mol. The summed E-state index contributed by atoms with van der Waals surface area (Å²) in [4.78, 5) is 4.40. The van der Waals surface area contributed by atoms with Gasteiger partial charge in [0, 0.05) is 29.8 Å². The first-order valence-electron chi connectivity index (χ1n) is 6.50. The van der Waals surface area contributed by atoms with Crippen LogP contribution in [0.15, 0.2) is 54.9 Å². The molecule has 0 spiro atoms. The third kappa shape index (κ3) is 2.37. The van der Waals surface area contributed by atoms with Gasteiger partial charge in [0.1, 0.15) is 0 Å².